The van der Waals surface area contributed by atoms with Gasteiger partial charge in [0.25, 0.3) is 0 Å². The molecule has 3 saturated carbocycles. The van der Waals surface area contributed by atoms with Gasteiger partial charge in [-0.25, -0.2) is 0 Å². The molecule has 0 aromatic carbocycles. The molecule has 0 aromatic rings. The van der Waals surface area contributed by atoms with Gasteiger partial charge in [0, 0.05) is 29.6 Å². The van der Waals surface area contributed by atoms with Crippen LogP contribution in [-0.4, -0.2) is 17.3 Å². The molecule has 4 aliphatic carbocycles. The summed E-state index contributed by atoms with van der Waals surface area (Å²) in [6.45, 7) is 4.12. The smallest absolute Gasteiger partial charge is 0.178 e. The van der Waals surface area contributed by atoms with Crippen molar-refractivity contribution < 1.29 is 14.4 Å². The SMILES string of the molecule is C[C@]12C=CC(=O)C=C1CC[C@@H]1[C@@H]2C(=O)C[C@@]2(C)C(=O)CC[C@@H]12. The Kier molecular flexibility index (Phi) is 2.74. The Labute approximate surface area is 130 Å². The molecule has 3 heteroatoms. The van der Waals surface area contributed by atoms with E-state index in [0.29, 0.717) is 18.8 Å². The maximum Gasteiger partial charge on any atom is 0.178 e. The van der Waals surface area contributed by atoms with E-state index in [-0.39, 0.29) is 34.6 Å². The zero-order valence-electron chi connectivity index (χ0n) is 13.2. The second kappa shape index (κ2) is 4.27. The average molecular weight is 298 g/mol. The van der Waals surface area contributed by atoms with Crippen molar-refractivity contribution in [2.45, 2.75) is 46.0 Å². The van der Waals surface area contributed by atoms with Gasteiger partial charge in [0.05, 0.1) is 0 Å². The summed E-state index contributed by atoms with van der Waals surface area (Å²) in [4.78, 5) is 37.0. The van der Waals surface area contributed by atoms with E-state index in [4.69, 9.17) is 0 Å². The number of carbonyl (C=O) groups excluding carboxylic acids is 3. The summed E-state index contributed by atoms with van der Waals surface area (Å²) >= 11 is 0. The highest BCUT2D eigenvalue weighted by Crippen LogP contribution is 2.62. The molecule has 22 heavy (non-hydrogen) atoms. The van der Waals surface area contributed by atoms with Crippen LogP contribution in [0.4, 0.5) is 0 Å². The fraction of sp³-hybridized carbons (Fsp3) is 0.632. The molecular weight excluding hydrogens is 276 g/mol. The summed E-state index contributed by atoms with van der Waals surface area (Å²) < 4.78 is 0. The maximum absolute atomic E-state index is 13.0. The van der Waals surface area contributed by atoms with E-state index in [1.54, 1.807) is 12.2 Å². The summed E-state index contributed by atoms with van der Waals surface area (Å²) in [7, 11) is 0. The normalized spacial score (nSPS) is 46.9. The van der Waals surface area contributed by atoms with Crippen LogP contribution in [0.3, 0.4) is 0 Å². The molecule has 0 saturated heterocycles. The minimum atomic E-state index is -0.427. The van der Waals surface area contributed by atoms with Gasteiger partial charge in [-0.05, 0) is 43.3 Å². The largest absolute Gasteiger partial charge is 0.299 e. The summed E-state index contributed by atoms with van der Waals surface area (Å²) in [6.07, 6.45) is 9.08. The number of fused-ring (bicyclic) bond motifs is 5. The number of allylic oxidation sites excluding steroid dienone is 4. The third kappa shape index (κ3) is 1.60. The van der Waals surface area contributed by atoms with Crippen LogP contribution < -0.4 is 0 Å². The minimum absolute atomic E-state index is 0.0371. The number of hydrogen-bond donors (Lipinski definition) is 0. The lowest BCUT2D eigenvalue weighted by Gasteiger charge is -2.54. The van der Waals surface area contributed by atoms with E-state index in [9.17, 15) is 14.4 Å². The van der Waals surface area contributed by atoms with E-state index < -0.39 is 5.41 Å². The first kappa shape index (κ1) is 14.1. The van der Waals surface area contributed by atoms with Crippen LogP contribution >= 0.6 is 0 Å². The van der Waals surface area contributed by atoms with E-state index in [1.165, 1.54) is 0 Å². The van der Waals surface area contributed by atoms with Crippen molar-refractivity contribution in [1.29, 1.82) is 0 Å². The Morgan fingerprint density at radius 2 is 1.86 bits per heavy atom. The Hall–Kier alpha value is -1.51. The van der Waals surface area contributed by atoms with Crippen molar-refractivity contribution >= 4 is 17.3 Å². The van der Waals surface area contributed by atoms with Crippen LogP contribution in [-0.2, 0) is 14.4 Å². The molecule has 0 radical (unpaired) electrons. The van der Waals surface area contributed by atoms with Crippen LogP contribution in [0.5, 0.6) is 0 Å². The molecular formula is C19H22O3. The van der Waals surface area contributed by atoms with Crippen LogP contribution in [0.1, 0.15) is 46.0 Å². The zero-order chi connectivity index (χ0) is 15.7. The Balaban J connectivity index is 1.79. The van der Waals surface area contributed by atoms with Crippen molar-refractivity contribution in [3.8, 4) is 0 Å². The van der Waals surface area contributed by atoms with Crippen LogP contribution in [0.2, 0.25) is 0 Å². The Morgan fingerprint density at radius 3 is 2.64 bits per heavy atom. The second-order valence-corrected chi connectivity index (χ2v) is 8.00. The predicted molar refractivity (Wildman–Crippen MR) is 82.0 cm³/mol. The molecule has 3 nitrogen and oxygen atoms in total. The molecule has 5 atom stereocenters. The van der Waals surface area contributed by atoms with Gasteiger partial charge in [-0.15, -0.1) is 0 Å². The van der Waals surface area contributed by atoms with Gasteiger partial charge >= 0.3 is 0 Å². The molecule has 0 spiro atoms. The number of rotatable bonds is 0. The van der Waals surface area contributed by atoms with E-state index >= 15 is 0 Å². The summed E-state index contributed by atoms with van der Waals surface area (Å²) in [5, 5.41) is 0. The fourth-order valence-electron chi connectivity index (χ4n) is 5.81. The highest BCUT2D eigenvalue weighted by Gasteiger charge is 2.61. The maximum atomic E-state index is 13.0. The van der Waals surface area contributed by atoms with Gasteiger partial charge in [-0.3, -0.25) is 14.4 Å². The zero-order valence-corrected chi connectivity index (χ0v) is 13.2. The van der Waals surface area contributed by atoms with Gasteiger partial charge in [0.2, 0.25) is 0 Å². The third-order valence-electron chi connectivity index (χ3n) is 6.97. The minimum Gasteiger partial charge on any atom is -0.299 e. The van der Waals surface area contributed by atoms with Crippen LogP contribution in [0, 0.1) is 28.6 Å². The van der Waals surface area contributed by atoms with E-state index in [0.717, 1.165) is 24.8 Å². The number of ketones is 3. The van der Waals surface area contributed by atoms with E-state index in [2.05, 4.69) is 6.92 Å². The van der Waals surface area contributed by atoms with Crippen molar-refractivity contribution in [2.75, 3.05) is 0 Å². The lowest BCUT2D eigenvalue weighted by Crippen LogP contribution is -2.54. The molecule has 4 rings (SSSR count). The lowest BCUT2D eigenvalue weighted by atomic mass is 9.48. The van der Waals surface area contributed by atoms with E-state index in [1.807, 2.05) is 13.0 Å². The Bertz CT molecular complexity index is 656. The van der Waals surface area contributed by atoms with Crippen molar-refractivity contribution in [3.63, 3.8) is 0 Å². The molecule has 0 bridgehead atoms. The molecule has 0 heterocycles. The molecule has 0 unspecified atom stereocenters. The molecule has 0 aliphatic heterocycles. The number of carbonyl (C=O) groups is 3. The second-order valence-electron chi connectivity index (χ2n) is 8.00. The van der Waals surface area contributed by atoms with Gasteiger partial charge in [-0.2, -0.15) is 0 Å². The Morgan fingerprint density at radius 1 is 1.09 bits per heavy atom. The van der Waals surface area contributed by atoms with Crippen molar-refractivity contribution in [3.05, 3.63) is 23.8 Å². The van der Waals surface area contributed by atoms with Crippen LogP contribution in [0.25, 0.3) is 0 Å². The lowest BCUT2D eigenvalue weighted by molar-refractivity contribution is -0.147. The number of hydrogen-bond acceptors (Lipinski definition) is 3. The molecule has 4 aliphatic rings. The van der Waals surface area contributed by atoms with Gasteiger partial charge in [-0.1, -0.05) is 25.5 Å². The summed E-state index contributed by atoms with van der Waals surface area (Å²) in [5.41, 5.74) is 0.368. The van der Waals surface area contributed by atoms with Crippen molar-refractivity contribution in [2.24, 2.45) is 28.6 Å². The molecule has 3 fully saturated rings. The molecule has 0 N–H and O–H groups in total. The van der Waals surface area contributed by atoms with Gasteiger partial charge in [0.15, 0.2) is 5.78 Å². The summed E-state index contributed by atoms with van der Waals surface area (Å²) in [5.74, 6) is 1.12. The molecule has 116 valence electrons. The quantitative estimate of drug-likeness (QED) is 0.690. The highest BCUT2D eigenvalue weighted by molar-refractivity contribution is 6.02. The average Bonchev–Trinajstić information content (AvgIpc) is 2.75. The predicted octanol–water partition coefficient (Wildman–Crippen LogP) is 3.04. The summed E-state index contributed by atoms with van der Waals surface area (Å²) in [6, 6.07) is 0. The molecule has 0 aromatic heterocycles. The monoisotopic (exact) mass is 298 g/mol. The topological polar surface area (TPSA) is 51.2 Å². The van der Waals surface area contributed by atoms with Gasteiger partial charge < -0.3 is 0 Å². The van der Waals surface area contributed by atoms with Gasteiger partial charge in [0.1, 0.15) is 11.6 Å². The van der Waals surface area contributed by atoms with Crippen molar-refractivity contribution in [1.82, 2.24) is 0 Å². The number of Topliss-reactive ketones (excluding diaryl/α,β-unsaturated/α-hetero) is 2. The first-order valence-electron chi connectivity index (χ1n) is 8.36. The first-order chi connectivity index (χ1) is 10.4. The van der Waals surface area contributed by atoms with Crippen LogP contribution in [0.15, 0.2) is 23.8 Å². The molecule has 0 amide bonds. The third-order valence-corrected chi connectivity index (χ3v) is 6.97. The fourth-order valence-corrected chi connectivity index (χ4v) is 5.81. The standard InChI is InChI=1S/C19H22O3/c1-18-8-7-12(20)9-11(18)3-4-13-14-5-6-16(22)19(14,2)10-15(21)17(13)18/h7-9,13-14,17H,3-6,10H2,1-2H3/t13-,14-,17+,18-,19+/m0/s1. The highest BCUT2D eigenvalue weighted by atomic mass is 16.1. The first-order valence-corrected chi connectivity index (χ1v) is 8.36.